The first kappa shape index (κ1) is 13.8. The van der Waals surface area contributed by atoms with Gasteiger partial charge in [0.1, 0.15) is 0 Å². The van der Waals surface area contributed by atoms with Crippen molar-refractivity contribution in [2.24, 2.45) is 0 Å². The van der Waals surface area contributed by atoms with Crippen molar-refractivity contribution in [3.05, 3.63) is 48.0 Å². The number of urea groups is 1. The second-order valence-electron chi connectivity index (χ2n) is 3.69. The highest BCUT2D eigenvalue weighted by Gasteiger charge is 2.02. The summed E-state index contributed by atoms with van der Waals surface area (Å²) in [6, 6.07) is 6.12. The third-order valence-electron chi connectivity index (χ3n) is 2.29. The van der Waals surface area contributed by atoms with Crippen molar-refractivity contribution in [3.63, 3.8) is 0 Å². The zero-order valence-electron chi connectivity index (χ0n) is 9.98. The Morgan fingerprint density at radius 1 is 1.22 bits per heavy atom. The monoisotopic (exact) mass is 248 g/mol. The molecular weight excluding hydrogens is 232 g/mol. The summed E-state index contributed by atoms with van der Waals surface area (Å²) in [6.07, 6.45) is 2.45. The summed E-state index contributed by atoms with van der Waals surface area (Å²) in [7, 11) is 0. The van der Waals surface area contributed by atoms with Crippen LogP contribution in [0.3, 0.4) is 0 Å². The third kappa shape index (κ3) is 4.69. The van der Waals surface area contributed by atoms with E-state index in [2.05, 4.69) is 17.2 Å². The van der Waals surface area contributed by atoms with Crippen molar-refractivity contribution in [2.75, 3.05) is 6.54 Å². The van der Waals surface area contributed by atoms with Crippen molar-refractivity contribution < 1.29 is 14.7 Å². The van der Waals surface area contributed by atoms with E-state index in [4.69, 9.17) is 5.11 Å². The van der Waals surface area contributed by atoms with Crippen molar-refractivity contribution in [2.45, 2.75) is 13.0 Å². The summed E-state index contributed by atoms with van der Waals surface area (Å²) in [5.41, 5.74) is 1.08. The molecule has 1 rings (SSSR count). The molecule has 18 heavy (non-hydrogen) atoms. The van der Waals surface area contributed by atoms with Gasteiger partial charge in [0.2, 0.25) is 0 Å². The van der Waals surface area contributed by atoms with Crippen LogP contribution in [-0.2, 0) is 6.54 Å². The largest absolute Gasteiger partial charge is 0.478 e. The topological polar surface area (TPSA) is 78.4 Å². The summed E-state index contributed by atoms with van der Waals surface area (Å²) in [6.45, 7) is 4.46. The number of rotatable bonds is 6. The van der Waals surface area contributed by atoms with E-state index in [1.807, 2.05) is 0 Å². The van der Waals surface area contributed by atoms with Gasteiger partial charge in [0.05, 0.1) is 5.56 Å². The van der Waals surface area contributed by atoms with Gasteiger partial charge < -0.3 is 15.7 Å². The Hall–Kier alpha value is -2.30. The number of hydrogen-bond donors (Lipinski definition) is 3. The molecule has 0 saturated carbocycles. The lowest BCUT2D eigenvalue weighted by Gasteiger charge is -2.06. The van der Waals surface area contributed by atoms with Crippen molar-refractivity contribution in [1.82, 2.24) is 10.6 Å². The van der Waals surface area contributed by atoms with Crippen LogP contribution in [0.4, 0.5) is 4.79 Å². The zero-order chi connectivity index (χ0) is 13.4. The first-order valence-electron chi connectivity index (χ1n) is 5.58. The van der Waals surface area contributed by atoms with Gasteiger partial charge >= 0.3 is 12.0 Å². The van der Waals surface area contributed by atoms with E-state index in [9.17, 15) is 9.59 Å². The smallest absolute Gasteiger partial charge is 0.335 e. The predicted octanol–water partition coefficient (Wildman–Crippen LogP) is 1.76. The Kier molecular flexibility index (Phi) is 5.44. The summed E-state index contributed by atoms with van der Waals surface area (Å²) in [5.74, 6) is -0.961. The van der Waals surface area contributed by atoms with Gasteiger partial charge in [0.15, 0.2) is 0 Å². The number of carbonyl (C=O) groups excluding carboxylic acids is 1. The van der Waals surface area contributed by atoms with Crippen molar-refractivity contribution >= 4 is 12.0 Å². The molecule has 0 fully saturated rings. The van der Waals surface area contributed by atoms with E-state index in [1.54, 1.807) is 18.2 Å². The Bertz CT molecular complexity index is 426. The first-order chi connectivity index (χ1) is 8.63. The number of aromatic carboxylic acids is 1. The van der Waals surface area contributed by atoms with Crippen LogP contribution in [0.5, 0.6) is 0 Å². The quantitative estimate of drug-likeness (QED) is 0.530. The summed E-state index contributed by atoms with van der Waals surface area (Å²) >= 11 is 0. The Balaban J connectivity index is 2.36. The molecular formula is C13H16N2O3. The summed E-state index contributed by atoms with van der Waals surface area (Å²) in [4.78, 5) is 22.0. The van der Waals surface area contributed by atoms with Gasteiger partial charge in [-0.05, 0) is 24.1 Å². The molecule has 0 spiro atoms. The average molecular weight is 248 g/mol. The predicted molar refractivity (Wildman–Crippen MR) is 68.5 cm³/mol. The van der Waals surface area contributed by atoms with Gasteiger partial charge in [0, 0.05) is 13.1 Å². The molecule has 1 aromatic rings. The van der Waals surface area contributed by atoms with Gasteiger partial charge in [-0.1, -0.05) is 18.2 Å². The van der Waals surface area contributed by atoms with E-state index < -0.39 is 5.97 Å². The molecule has 0 aliphatic heterocycles. The summed E-state index contributed by atoms with van der Waals surface area (Å²) < 4.78 is 0. The molecule has 0 radical (unpaired) electrons. The fraction of sp³-hybridized carbons (Fsp3) is 0.231. The minimum absolute atomic E-state index is 0.231. The number of benzene rings is 1. The molecule has 0 aliphatic carbocycles. The van der Waals surface area contributed by atoms with Gasteiger partial charge in [0.25, 0.3) is 0 Å². The number of carbonyl (C=O) groups is 2. The number of hydrogen-bond acceptors (Lipinski definition) is 2. The maximum Gasteiger partial charge on any atom is 0.335 e. The van der Waals surface area contributed by atoms with E-state index in [0.29, 0.717) is 13.1 Å². The second kappa shape index (κ2) is 7.11. The van der Waals surface area contributed by atoms with Crippen LogP contribution in [0.25, 0.3) is 0 Å². The van der Waals surface area contributed by atoms with Crippen LogP contribution in [0.15, 0.2) is 36.9 Å². The zero-order valence-corrected chi connectivity index (χ0v) is 9.98. The highest BCUT2D eigenvalue weighted by Crippen LogP contribution is 2.03. The van der Waals surface area contributed by atoms with Crippen LogP contribution < -0.4 is 10.6 Å². The Morgan fingerprint density at radius 3 is 2.44 bits per heavy atom. The van der Waals surface area contributed by atoms with Gasteiger partial charge in [-0.2, -0.15) is 0 Å². The average Bonchev–Trinajstić information content (AvgIpc) is 2.37. The molecule has 0 heterocycles. The van der Waals surface area contributed by atoms with Crippen LogP contribution >= 0.6 is 0 Å². The summed E-state index contributed by atoms with van der Waals surface area (Å²) in [5, 5.41) is 14.1. The SMILES string of the molecule is C=CCCNC(=O)NCc1ccc(C(=O)O)cc1. The second-order valence-corrected chi connectivity index (χ2v) is 3.69. The van der Waals surface area contributed by atoms with Gasteiger partial charge in [-0.3, -0.25) is 0 Å². The van der Waals surface area contributed by atoms with Crippen LogP contribution in [0.1, 0.15) is 22.3 Å². The van der Waals surface area contributed by atoms with E-state index >= 15 is 0 Å². The fourth-order valence-corrected chi connectivity index (χ4v) is 1.30. The van der Waals surface area contributed by atoms with Crippen LogP contribution in [-0.4, -0.2) is 23.7 Å². The first-order valence-corrected chi connectivity index (χ1v) is 5.58. The van der Waals surface area contributed by atoms with Crippen LogP contribution in [0, 0.1) is 0 Å². The molecule has 0 aliphatic rings. The highest BCUT2D eigenvalue weighted by molar-refractivity contribution is 5.87. The number of carboxylic acids is 1. The molecule has 0 saturated heterocycles. The molecule has 0 bridgehead atoms. The lowest BCUT2D eigenvalue weighted by molar-refractivity contribution is 0.0697. The van der Waals surface area contributed by atoms with E-state index in [-0.39, 0.29) is 11.6 Å². The highest BCUT2D eigenvalue weighted by atomic mass is 16.4. The molecule has 1 aromatic carbocycles. The Morgan fingerprint density at radius 2 is 1.89 bits per heavy atom. The van der Waals surface area contributed by atoms with Gasteiger partial charge in [-0.25, -0.2) is 9.59 Å². The molecule has 5 nitrogen and oxygen atoms in total. The lowest BCUT2D eigenvalue weighted by Crippen LogP contribution is -2.35. The molecule has 0 aromatic heterocycles. The number of nitrogens with one attached hydrogen (secondary N) is 2. The molecule has 5 heteroatoms. The molecule has 96 valence electrons. The lowest BCUT2D eigenvalue weighted by atomic mass is 10.1. The minimum Gasteiger partial charge on any atom is -0.478 e. The molecule has 3 N–H and O–H groups in total. The van der Waals surface area contributed by atoms with Crippen molar-refractivity contribution in [1.29, 1.82) is 0 Å². The maximum atomic E-state index is 11.3. The standard InChI is InChI=1S/C13H16N2O3/c1-2-3-8-14-13(18)15-9-10-4-6-11(7-5-10)12(16)17/h2,4-7H,1,3,8-9H2,(H,16,17)(H2,14,15,18). The van der Waals surface area contributed by atoms with E-state index in [0.717, 1.165) is 12.0 Å². The number of amides is 2. The van der Waals surface area contributed by atoms with Crippen molar-refractivity contribution in [3.8, 4) is 0 Å². The van der Waals surface area contributed by atoms with Crippen LogP contribution in [0.2, 0.25) is 0 Å². The molecule has 0 unspecified atom stereocenters. The van der Waals surface area contributed by atoms with E-state index in [1.165, 1.54) is 12.1 Å². The minimum atomic E-state index is -0.961. The Labute approximate surface area is 106 Å². The molecule has 0 atom stereocenters. The normalized spacial score (nSPS) is 9.56. The fourth-order valence-electron chi connectivity index (χ4n) is 1.30. The number of carboxylic acid groups (broad SMARTS) is 1. The maximum absolute atomic E-state index is 11.3. The third-order valence-corrected chi connectivity index (χ3v) is 2.29. The molecule has 2 amide bonds. The van der Waals surface area contributed by atoms with Gasteiger partial charge in [-0.15, -0.1) is 6.58 Å².